The number of rotatable bonds is 4. The topological polar surface area (TPSA) is 124 Å². The molecule has 0 amide bonds. The summed E-state index contributed by atoms with van der Waals surface area (Å²) in [6.45, 7) is 0. The minimum atomic E-state index is -2.16. The second-order valence-electron chi connectivity index (χ2n) is 2.56. The molecule has 13 heavy (non-hydrogen) atoms. The maximum Gasteiger partial charge on any atom is 0.352 e. The number of carboxylic acid groups (broad SMARTS) is 1. The van der Waals surface area contributed by atoms with Gasteiger partial charge in [0.15, 0.2) is 0 Å². The first-order valence-electron chi connectivity index (χ1n) is 3.49. The summed E-state index contributed by atoms with van der Waals surface area (Å²) < 4.78 is 0. The smallest absolute Gasteiger partial charge is 0.352 e. The lowest BCUT2D eigenvalue weighted by Gasteiger charge is -2.20. The van der Waals surface area contributed by atoms with Crippen molar-refractivity contribution in [1.82, 2.24) is 15.4 Å². The zero-order valence-corrected chi connectivity index (χ0v) is 6.69. The van der Waals surface area contributed by atoms with E-state index in [1.807, 2.05) is 5.43 Å². The fraction of sp³-hybridized carbons (Fsp3) is 0.333. The second-order valence-corrected chi connectivity index (χ2v) is 2.56. The Labute approximate surface area is 73.6 Å². The van der Waals surface area contributed by atoms with E-state index in [1.54, 1.807) is 0 Å². The first kappa shape index (κ1) is 9.65. The molecule has 0 saturated heterocycles. The number of H-pyrrole nitrogens is 1. The highest BCUT2D eigenvalue weighted by Crippen LogP contribution is 2.07. The number of aromatic nitrogens is 2. The molecule has 1 atom stereocenters. The molecule has 0 fully saturated rings. The lowest BCUT2D eigenvalue weighted by atomic mass is 10.1. The summed E-state index contributed by atoms with van der Waals surface area (Å²) in [7, 11) is 0. The van der Waals surface area contributed by atoms with E-state index in [9.17, 15) is 9.90 Å². The minimum absolute atomic E-state index is 0.182. The van der Waals surface area contributed by atoms with Gasteiger partial charge in [0, 0.05) is 18.3 Å². The molecular weight excluding hydrogens is 176 g/mol. The predicted octanol–water partition coefficient (Wildman–Crippen LogP) is -1.81. The monoisotopic (exact) mass is 186 g/mol. The molecular formula is C6H10N4O3. The molecule has 0 radical (unpaired) electrons. The Hall–Kier alpha value is -1.44. The molecule has 1 aromatic heterocycles. The first-order chi connectivity index (χ1) is 6.08. The Bertz CT molecular complexity index is 286. The third kappa shape index (κ3) is 2.02. The van der Waals surface area contributed by atoms with E-state index in [0.29, 0.717) is 5.69 Å². The van der Waals surface area contributed by atoms with Gasteiger partial charge in [-0.3, -0.25) is 5.84 Å². The molecule has 1 rings (SSSR count). The van der Waals surface area contributed by atoms with Crippen LogP contribution in [-0.4, -0.2) is 31.9 Å². The van der Waals surface area contributed by atoms with Crippen LogP contribution in [0.4, 0.5) is 0 Å². The van der Waals surface area contributed by atoms with Crippen LogP contribution in [0.2, 0.25) is 0 Å². The second kappa shape index (κ2) is 3.52. The van der Waals surface area contributed by atoms with Crippen LogP contribution in [0, 0.1) is 0 Å². The summed E-state index contributed by atoms with van der Waals surface area (Å²) >= 11 is 0. The van der Waals surface area contributed by atoms with E-state index in [2.05, 4.69) is 9.97 Å². The fourth-order valence-corrected chi connectivity index (χ4v) is 0.845. The predicted molar refractivity (Wildman–Crippen MR) is 42.2 cm³/mol. The Kier molecular flexibility index (Phi) is 2.61. The van der Waals surface area contributed by atoms with Crippen molar-refractivity contribution >= 4 is 5.97 Å². The maximum absolute atomic E-state index is 10.6. The molecule has 72 valence electrons. The zero-order chi connectivity index (χ0) is 9.90. The summed E-state index contributed by atoms with van der Waals surface area (Å²) in [6, 6.07) is 0. The van der Waals surface area contributed by atoms with Crippen LogP contribution >= 0.6 is 0 Å². The van der Waals surface area contributed by atoms with E-state index in [4.69, 9.17) is 10.9 Å². The van der Waals surface area contributed by atoms with Crippen molar-refractivity contribution in [2.24, 2.45) is 5.84 Å². The molecule has 7 nitrogen and oxygen atoms in total. The van der Waals surface area contributed by atoms with Gasteiger partial charge in [0.2, 0.25) is 5.72 Å². The highest BCUT2D eigenvalue weighted by Gasteiger charge is 2.35. The maximum atomic E-state index is 10.6. The Balaban J connectivity index is 2.75. The van der Waals surface area contributed by atoms with Gasteiger partial charge in [-0.15, -0.1) is 0 Å². The highest BCUT2D eigenvalue weighted by atomic mass is 16.4. The van der Waals surface area contributed by atoms with Crippen LogP contribution in [0.3, 0.4) is 0 Å². The van der Waals surface area contributed by atoms with Crippen molar-refractivity contribution in [3.05, 3.63) is 18.2 Å². The average Bonchev–Trinajstić information content (AvgIpc) is 2.56. The molecule has 0 saturated carbocycles. The van der Waals surface area contributed by atoms with E-state index < -0.39 is 11.7 Å². The van der Waals surface area contributed by atoms with Crippen LogP contribution in [0.1, 0.15) is 5.69 Å². The number of aromatic amines is 1. The molecule has 0 aliphatic heterocycles. The van der Waals surface area contributed by atoms with Gasteiger partial charge in [0.05, 0.1) is 6.33 Å². The van der Waals surface area contributed by atoms with Gasteiger partial charge in [0.25, 0.3) is 0 Å². The van der Waals surface area contributed by atoms with Gasteiger partial charge >= 0.3 is 5.97 Å². The Morgan fingerprint density at radius 2 is 2.54 bits per heavy atom. The van der Waals surface area contributed by atoms with Gasteiger partial charge in [-0.05, 0) is 0 Å². The summed E-state index contributed by atoms with van der Waals surface area (Å²) in [5.41, 5.74) is 0.139. The molecule has 0 spiro atoms. The third-order valence-electron chi connectivity index (χ3n) is 1.59. The molecule has 0 aromatic carbocycles. The number of nitrogens with two attached hydrogens (primary N) is 1. The van der Waals surface area contributed by atoms with E-state index in [-0.39, 0.29) is 6.42 Å². The molecule has 0 aliphatic rings. The molecule has 1 aromatic rings. The lowest BCUT2D eigenvalue weighted by Crippen LogP contribution is -2.57. The molecule has 6 N–H and O–H groups in total. The van der Waals surface area contributed by atoms with Crippen LogP contribution in [-0.2, 0) is 11.2 Å². The fourth-order valence-electron chi connectivity index (χ4n) is 0.845. The number of hydrogen-bond acceptors (Lipinski definition) is 5. The van der Waals surface area contributed by atoms with Crippen molar-refractivity contribution in [3.63, 3.8) is 0 Å². The van der Waals surface area contributed by atoms with E-state index in [0.717, 1.165) is 0 Å². The number of hydrogen-bond donors (Lipinski definition) is 5. The number of carboxylic acids is 1. The van der Waals surface area contributed by atoms with E-state index in [1.165, 1.54) is 12.5 Å². The number of hydrazine groups is 1. The molecule has 0 bridgehead atoms. The van der Waals surface area contributed by atoms with Crippen LogP contribution in [0.5, 0.6) is 0 Å². The SMILES string of the molecule is NN[C@](O)(Cc1cnc[nH]1)C(=O)O. The highest BCUT2D eigenvalue weighted by molar-refractivity contribution is 5.76. The van der Waals surface area contributed by atoms with Crippen molar-refractivity contribution < 1.29 is 15.0 Å². The summed E-state index contributed by atoms with van der Waals surface area (Å²) in [5.74, 6) is 3.47. The van der Waals surface area contributed by atoms with Gasteiger partial charge in [0.1, 0.15) is 0 Å². The largest absolute Gasteiger partial charge is 0.478 e. The standard InChI is InChI=1S/C6H10N4O3/c7-10-6(13,5(11)12)1-4-2-8-3-9-4/h2-3,10,13H,1,7H2,(H,8,9)(H,11,12)/t6-/m0/s1. The molecule has 1 heterocycles. The number of nitrogens with zero attached hydrogens (tertiary/aromatic N) is 1. The number of imidazole rings is 1. The molecule has 0 unspecified atom stereocenters. The molecule has 0 aliphatic carbocycles. The molecule has 7 heteroatoms. The zero-order valence-electron chi connectivity index (χ0n) is 6.69. The van der Waals surface area contributed by atoms with Crippen molar-refractivity contribution in [1.29, 1.82) is 0 Å². The van der Waals surface area contributed by atoms with Crippen molar-refractivity contribution in [2.45, 2.75) is 12.1 Å². The van der Waals surface area contributed by atoms with Gasteiger partial charge in [-0.1, -0.05) is 0 Å². The third-order valence-corrected chi connectivity index (χ3v) is 1.59. The first-order valence-corrected chi connectivity index (χ1v) is 3.49. The van der Waals surface area contributed by atoms with Crippen LogP contribution in [0.25, 0.3) is 0 Å². The number of aliphatic carboxylic acids is 1. The normalized spacial score (nSPS) is 15.2. The minimum Gasteiger partial charge on any atom is -0.478 e. The van der Waals surface area contributed by atoms with Crippen LogP contribution in [0.15, 0.2) is 12.5 Å². The average molecular weight is 186 g/mol. The summed E-state index contributed by atoms with van der Waals surface area (Å²) in [4.78, 5) is 16.9. The van der Waals surface area contributed by atoms with Crippen molar-refractivity contribution in [3.8, 4) is 0 Å². The van der Waals surface area contributed by atoms with Gasteiger partial charge in [-0.2, -0.15) is 0 Å². The van der Waals surface area contributed by atoms with E-state index >= 15 is 0 Å². The number of aliphatic hydroxyl groups is 1. The number of nitrogens with one attached hydrogen (secondary N) is 2. The Morgan fingerprint density at radius 3 is 2.92 bits per heavy atom. The Morgan fingerprint density at radius 1 is 1.85 bits per heavy atom. The van der Waals surface area contributed by atoms with Crippen molar-refractivity contribution in [2.75, 3.05) is 0 Å². The quantitative estimate of drug-likeness (QED) is 0.214. The summed E-state index contributed by atoms with van der Waals surface area (Å²) in [5, 5.41) is 18.0. The van der Waals surface area contributed by atoms with Gasteiger partial charge in [-0.25, -0.2) is 15.2 Å². The summed E-state index contributed by atoms with van der Waals surface area (Å²) in [6.07, 6.45) is 2.61. The number of carbonyl (C=O) groups is 1. The van der Waals surface area contributed by atoms with Gasteiger partial charge < -0.3 is 15.2 Å². The lowest BCUT2D eigenvalue weighted by molar-refractivity contribution is -0.162. The van der Waals surface area contributed by atoms with Crippen LogP contribution < -0.4 is 11.3 Å².